The second-order valence-corrected chi connectivity index (χ2v) is 5.21. The van der Waals surface area contributed by atoms with E-state index in [1.165, 1.54) is 0 Å². The van der Waals surface area contributed by atoms with Crippen LogP contribution in [0, 0.1) is 12.8 Å². The summed E-state index contributed by atoms with van der Waals surface area (Å²) in [4.78, 5) is 12.1. The molecule has 108 valence electrons. The number of aromatic nitrogens is 2. The molecule has 1 atom stereocenters. The van der Waals surface area contributed by atoms with Gasteiger partial charge in [0.25, 0.3) is 5.91 Å². The van der Waals surface area contributed by atoms with Crippen LogP contribution in [-0.4, -0.2) is 28.1 Å². The number of amides is 1. The van der Waals surface area contributed by atoms with Gasteiger partial charge in [0, 0.05) is 19.0 Å². The Morgan fingerprint density at radius 2 is 2.21 bits per heavy atom. The zero-order chi connectivity index (χ0) is 14.3. The lowest BCUT2D eigenvalue weighted by atomic mass is 10.0. The van der Waals surface area contributed by atoms with E-state index < -0.39 is 0 Å². The molecule has 1 amide bonds. The highest BCUT2D eigenvalue weighted by molar-refractivity contribution is 6.17. The molecular weight excluding hydrogens is 262 g/mol. The van der Waals surface area contributed by atoms with Crippen LogP contribution >= 0.6 is 11.6 Å². The number of nitrogens with one attached hydrogen (secondary N) is 1. The van der Waals surface area contributed by atoms with Gasteiger partial charge in [-0.2, -0.15) is 5.10 Å². The second kappa shape index (κ2) is 8.20. The van der Waals surface area contributed by atoms with Crippen LogP contribution < -0.4 is 5.32 Å². The lowest BCUT2D eigenvalue weighted by Gasteiger charge is -2.15. The molecule has 0 spiro atoms. The lowest BCUT2D eigenvalue weighted by Crippen LogP contribution is -2.31. The SMILES string of the molecule is CCCC(CCCl)CNC(=O)c1cc(C)nn1CC. The van der Waals surface area contributed by atoms with Crippen LogP contribution in [0.15, 0.2) is 6.07 Å². The summed E-state index contributed by atoms with van der Waals surface area (Å²) in [6.07, 6.45) is 3.16. The van der Waals surface area contributed by atoms with Gasteiger partial charge in [-0.05, 0) is 38.7 Å². The number of carbonyl (C=O) groups is 1. The minimum absolute atomic E-state index is 0.0434. The minimum Gasteiger partial charge on any atom is -0.350 e. The lowest BCUT2D eigenvalue weighted by molar-refractivity contribution is 0.0935. The minimum atomic E-state index is -0.0434. The monoisotopic (exact) mass is 285 g/mol. The van der Waals surface area contributed by atoms with Crippen molar-refractivity contribution in [1.82, 2.24) is 15.1 Å². The highest BCUT2D eigenvalue weighted by Crippen LogP contribution is 2.11. The summed E-state index contributed by atoms with van der Waals surface area (Å²) in [5, 5.41) is 7.28. The molecule has 1 rings (SSSR count). The van der Waals surface area contributed by atoms with Crippen LogP contribution in [-0.2, 0) is 6.54 Å². The Morgan fingerprint density at radius 3 is 2.79 bits per heavy atom. The number of hydrogen-bond donors (Lipinski definition) is 1. The normalized spacial score (nSPS) is 12.4. The van der Waals surface area contributed by atoms with E-state index in [1.807, 2.05) is 19.9 Å². The molecule has 19 heavy (non-hydrogen) atoms. The van der Waals surface area contributed by atoms with Crippen LogP contribution in [0.1, 0.15) is 49.3 Å². The van der Waals surface area contributed by atoms with Crippen LogP contribution in [0.5, 0.6) is 0 Å². The van der Waals surface area contributed by atoms with E-state index >= 15 is 0 Å². The van der Waals surface area contributed by atoms with Crippen molar-refractivity contribution in [3.05, 3.63) is 17.5 Å². The van der Waals surface area contributed by atoms with E-state index in [0.717, 1.165) is 25.0 Å². The van der Waals surface area contributed by atoms with Crippen molar-refractivity contribution in [3.8, 4) is 0 Å². The van der Waals surface area contributed by atoms with Crippen molar-refractivity contribution in [2.24, 2.45) is 5.92 Å². The Morgan fingerprint density at radius 1 is 1.47 bits per heavy atom. The van der Waals surface area contributed by atoms with Crippen LogP contribution in [0.3, 0.4) is 0 Å². The van der Waals surface area contributed by atoms with Gasteiger partial charge in [0.05, 0.1) is 5.69 Å². The highest BCUT2D eigenvalue weighted by atomic mass is 35.5. The smallest absolute Gasteiger partial charge is 0.269 e. The Balaban J connectivity index is 2.58. The third-order valence-electron chi connectivity index (χ3n) is 3.20. The summed E-state index contributed by atoms with van der Waals surface area (Å²) in [6.45, 7) is 7.43. The molecule has 0 aliphatic carbocycles. The van der Waals surface area contributed by atoms with E-state index in [4.69, 9.17) is 11.6 Å². The largest absolute Gasteiger partial charge is 0.350 e. The number of nitrogens with zero attached hydrogens (tertiary/aromatic N) is 2. The number of alkyl halides is 1. The third-order valence-corrected chi connectivity index (χ3v) is 3.42. The third kappa shape index (κ3) is 4.86. The zero-order valence-corrected chi connectivity index (χ0v) is 12.8. The van der Waals surface area contributed by atoms with Gasteiger partial charge in [-0.15, -0.1) is 11.6 Å². The Hall–Kier alpha value is -1.03. The molecule has 1 heterocycles. The van der Waals surface area contributed by atoms with E-state index in [1.54, 1.807) is 4.68 Å². The molecule has 0 saturated carbocycles. The molecule has 0 bridgehead atoms. The fraction of sp³-hybridized carbons (Fsp3) is 0.714. The van der Waals surface area contributed by atoms with E-state index in [0.29, 0.717) is 30.6 Å². The first-order valence-electron chi connectivity index (χ1n) is 7.00. The summed E-state index contributed by atoms with van der Waals surface area (Å²) < 4.78 is 1.74. The summed E-state index contributed by atoms with van der Waals surface area (Å²) in [6, 6.07) is 1.83. The zero-order valence-electron chi connectivity index (χ0n) is 12.1. The molecule has 1 aromatic rings. The molecule has 0 aliphatic heterocycles. The number of hydrogen-bond acceptors (Lipinski definition) is 2. The van der Waals surface area contributed by atoms with Crippen molar-refractivity contribution in [2.45, 2.75) is 46.6 Å². The number of halogens is 1. The van der Waals surface area contributed by atoms with Crippen molar-refractivity contribution in [2.75, 3.05) is 12.4 Å². The molecule has 1 unspecified atom stereocenters. The van der Waals surface area contributed by atoms with Gasteiger partial charge in [-0.25, -0.2) is 0 Å². The average Bonchev–Trinajstić information content (AvgIpc) is 2.77. The number of rotatable bonds is 8. The first kappa shape index (κ1) is 16.0. The summed E-state index contributed by atoms with van der Waals surface area (Å²) >= 11 is 5.79. The second-order valence-electron chi connectivity index (χ2n) is 4.83. The van der Waals surface area contributed by atoms with Gasteiger partial charge in [-0.1, -0.05) is 13.3 Å². The molecule has 0 radical (unpaired) electrons. The standard InChI is InChI=1S/C14H24ClN3O/c1-4-6-12(7-8-15)10-16-14(19)13-9-11(3)17-18(13)5-2/h9,12H,4-8,10H2,1-3H3,(H,16,19). The number of aryl methyl sites for hydroxylation is 2. The fourth-order valence-corrected chi connectivity index (χ4v) is 2.52. The maximum Gasteiger partial charge on any atom is 0.269 e. The summed E-state index contributed by atoms with van der Waals surface area (Å²) in [5.74, 6) is 1.07. The summed E-state index contributed by atoms with van der Waals surface area (Å²) in [5.41, 5.74) is 1.51. The van der Waals surface area contributed by atoms with E-state index in [2.05, 4.69) is 17.3 Å². The van der Waals surface area contributed by atoms with E-state index in [-0.39, 0.29) is 5.91 Å². The first-order chi connectivity index (χ1) is 9.12. The topological polar surface area (TPSA) is 46.9 Å². The van der Waals surface area contributed by atoms with Crippen molar-refractivity contribution in [3.63, 3.8) is 0 Å². The maximum atomic E-state index is 12.1. The Kier molecular flexibility index (Phi) is 6.92. The maximum absolute atomic E-state index is 12.1. The van der Waals surface area contributed by atoms with Gasteiger partial charge in [-0.3, -0.25) is 9.48 Å². The quantitative estimate of drug-likeness (QED) is 0.747. The molecule has 1 aromatic heterocycles. The van der Waals surface area contributed by atoms with Gasteiger partial charge in [0.15, 0.2) is 0 Å². The van der Waals surface area contributed by atoms with Crippen molar-refractivity contribution < 1.29 is 4.79 Å². The summed E-state index contributed by atoms with van der Waals surface area (Å²) in [7, 11) is 0. The molecule has 0 fully saturated rings. The van der Waals surface area contributed by atoms with Crippen LogP contribution in [0.2, 0.25) is 0 Å². The van der Waals surface area contributed by atoms with Gasteiger partial charge < -0.3 is 5.32 Å². The van der Waals surface area contributed by atoms with Crippen LogP contribution in [0.25, 0.3) is 0 Å². The Labute approximate surface area is 120 Å². The average molecular weight is 286 g/mol. The van der Waals surface area contributed by atoms with Gasteiger partial charge in [0.2, 0.25) is 0 Å². The molecule has 1 N–H and O–H groups in total. The van der Waals surface area contributed by atoms with E-state index in [9.17, 15) is 4.79 Å². The number of carbonyl (C=O) groups excluding carboxylic acids is 1. The van der Waals surface area contributed by atoms with Gasteiger partial charge in [0.1, 0.15) is 5.69 Å². The first-order valence-corrected chi connectivity index (χ1v) is 7.54. The van der Waals surface area contributed by atoms with Crippen LogP contribution in [0.4, 0.5) is 0 Å². The molecule has 0 aromatic carbocycles. The predicted octanol–water partition coefficient (Wildman–Crippen LogP) is 2.99. The molecular formula is C14H24ClN3O. The van der Waals surface area contributed by atoms with Crippen molar-refractivity contribution >= 4 is 17.5 Å². The molecule has 0 saturated heterocycles. The molecule has 5 heteroatoms. The predicted molar refractivity (Wildman–Crippen MR) is 78.7 cm³/mol. The molecule has 4 nitrogen and oxygen atoms in total. The molecule has 0 aliphatic rings. The highest BCUT2D eigenvalue weighted by Gasteiger charge is 2.15. The fourth-order valence-electron chi connectivity index (χ4n) is 2.21. The Bertz CT molecular complexity index is 397. The van der Waals surface area contributed by atoms with Gasteiger partial charge >= 0.3 is 0 Å². The van der Waals surface area contributed by atoms with Crippen molar-refractivity contribution in [1.29, 1.82) is 0 Å².